The number of aryl methyl sites for hydroxylation is 1. The van der Waals surface area contributed by atoms with Gasteiger partial charge in [0, 0.05) is 31.0 Å². The maximum Gasteiger partial charge on any atom is 0.234 e. The van der Waals surface area contributed by atoms with Crippen LogP contribution in [0.2, 0.25) is 0 Å². The van der Waals surface area contributed by atoms with Gasteiger partial charge in [-0.05, 0) is 54.5 Å². The SMILES string of the molecule is CCn1nnnc1SCC(=O)Nc1ccc(N2CCCCCC2)cc1. The summed E-state index contributed by atoms with van der Waals surface area (Å²) >= 11 is 1.34. The lowest BCUT2D eigenvalue weighted by molar-refractivity contribution is -0.113. The Morgan fingerprint density at radius 1 is 1.16 bits per heavy atom. The number of rotatable bonds is 6. The van der Waals surface area contributed by atoms with Crippen molar-refractivity contribution in [3.8, 4) is 0 Å². The number of aromatic nitrogens is 4. The Bertz CT molecular complexity index is 679. The average molecular weight is 360 g/mol. The van der Waals surface area contributed by atoms with Crippen LogP contribution in [-0.2, 0) is 11.3 Å². The summed E-state index contributed by atoms with van der Waals surface area (Å²) in [7, 11) is 0. The van der Waals surface area contributed by atoms with Crippen LogP contribution in [0.4, 0.5) is 11.4 Å². The minimum Gasteiger partial charge on any atom is -0.372 e. The second-order valence-electron chi connectivity index (χ2n) is 6.06. The molecule has 1 aliphatic rings. The Kier molecular flexibility index (Phi) is 6.27. The van der Waals surface area contributed by atoms with E-state index >= 15 is 0 Å². The Morgan fingerprint density at radius 2 is 1.88 bits per heavy atom. The third-order valence-corrected chi connectivity index (χ3v) is 5.21. The van der Waals surface area contributed by atoms with Crippen molar-refractivity contribution in [3.63, 3.8) is 0 Å². The first-order valence-electron chi connectivity index (χ1n) is 8.80. The molecule has 0 unspecified atom stereocenters. The molecule has 7 nitrogen and oxygen atoms in total. The minimum atomic E-state index is -0.0572. The van der Waals surface area contributed by atoms with Crippen molar-refractivity contribution in [2.45, 2.75) is 44.3 Å². The number of carbonyl (C=O) groups excluding carboxylic acids is 1. The van der Waals surface area contributed by atoms with Gasteiger partial charge in [-0.3, -0.25) is 4.79 Å². The monoisotopic (exact) mass is 360 g/mol. The smallest absolute Gasteiger partial charge is 0.234 e. The van der Waals surface area contributed by atoms with Crippen molar-refractivity contribution in [2.24, 2.45) is 0 Å². The molecule has 1 N–H and O–H groups in total. The summed E-state index contributed by atoms with van der Waals surface area (Å²) in [6.07, 6.45) is 5.16. The van der Waals surface area contributed by atoms with Gasteiger partial charge < -0.3 is 10.2 Å². The van der Waals surface area contributed by atoms with E-state index in [9.17, 15) is 4.79 Å². The van der Waals surface area contributed by atoms with Crippen LogP contribution in [0.1, 0.15) is 32.6 Å². The van der Waals surface area contributed by atoms with E-state index in [1.165, 1.54) is 43.1 Å². The number of benzene rings is 1. The molecular weight excluding hydrogens is 336 g/mol. The fourth-order valence-electron chi connectivity index (χ4n) is 2.91. The molecule has 25 heavy (non-hydrogen) atoms. The fraction of sp³-hybridized carbons (Fsp3) is 0.529. The zero-order chi connectivity index (χ0) is 17.5. The third-order valence-electron chi connectivity index (χ3n) is 4.25. The van der Waals surface area contributed by atoms with E-state index < -0.39 is 0 Å². The molecule has 1 aromatic heterocycles. The van der Waals surface area contributed by atoms with Crippen LogP contribution in [0.25, 0.3) is 0 Å². The summed E-state index contributed by atoms with van der Waals surface area (Å²) in [5, 5.41) is 15.0. The van der Waals surface area contributed by atoms with E-state index in [2.05, 4.69) is 37.9 Å². The van der Waals surface area contributed by atoms with E-state index in [0.717, 1.165) is 18.8 Å². The Balaban J connectivity index is 1.51. The van der Waals surface area contributed by atoms with Gasteiger partial charge in [0.15, 0.2) is 0 Å². The molecule has 1 aromatic carbocycles. The van der Waals surface area contributed by atoms with Gasteiger partial charge in [0.05, 0.1) is 5.75 Å². The maximum absolute atomic E-state index is 12.1. The summed E-state index contributed by atoms with van der Waals surface area (Å²) < 4.78 is 1.67. The summed E-state index contributed by atoms with van der Waals surface area (Å²) in [5.74, 6) is 0.229. The van der Waals surface area contributed by atoms with Crippen LogP contribution in [-0.4, -0.2) is 45.0 Å². The lowest BCUT2D eigenvalue weighted by Gasteiger charge is -2.22. The van der Waals surface area contributed by atoms with Crippen LogP contribution in [0.3, 0.4) is 0 Å². The molecule has 0 atom stereocenters. The number of carbonyl (C=O) groups is 1. The lowest BCUT2D eigenvalue weighted by atomic mass is 10.2. The van der Waals surface area contributed by atoms with Crippen LogP contribution in [0.15, 0.2) is 29.4 Å². The molecule has 0 spiro atoms. The van der Waals surface area contributed by atoms with Gasteiger partial charge in [-0.15, -0.1) is 5.10 Å². The largest absolute Gasteiger partial charge is 0.372 e. The molecule has 0 radical (unpaired) electrons. The molecule has 134 valence electrons. The van der Waals surface area contributed by atoms with Crippen molar-refractivity contribution in [2.75, 3.05) is 29.1 Å². The van der Waals surface area contributed by atoms with E-state index in [4.69, 9.17) is 0 Å². The highest BCUT2D eigenvalue weighted by molar-refractivity contribution is 7.99. The molecule has 1 amide bonds. The number of tetrazole rings is 1. The first-order chi connectivity index (χ1) is 12.3. The predicted octanol–water partition coefficient (Wildman–Crippen LogP) is 2.80. The molecule has 3 rings (SSSR count). The van der Waals surface area contributed by atoms with Crippen LogP contribution in [0.5, 0.6) is 0 Å². The Morgan fingerprint density at radius 3 is 2.56 bits per heavy atom. The van der Waals surface area contributed by atoms with Gasteiger partial charge in [-0.25, -0.2) is 4.68 Å². The minimum absolute atomic E-state index is 0.0572. The van der Waals surface area contributed by atoms with Crippen molar-refractivity contribution in [1.29, 1.82) is 0 Å². The molecule has 1 saturated heterocycles. The topological polar surface area (TPSA) is 75.9 Å². The normalized spacial score (nSPS) is 15.0. The molecule has 8 heteroatoms. The van der Waals surface area contributed by atoms with Crippen LogP contribution >= 0.6 is 11.8 Å². The molecular formula is C17H24N6OS. The van der Waals surface area contributed by atoms with Crippen molar-refractivity contribution < 1.29 is 4.79 Å². The summed E-state index contributed by atoms with van der Waals surface area (Å²) in [6.45, 7) is 4.89. The van der Waals surface area contributed by atoms with E-state index in [0.29, 0.717) is 11.7 Å². The quantitative estimate of drug-likeness (QED) is 0.799. The van der Waals surface area contributed by atoms with E-state index in [1.807, 2.05) is 19.1 Å². The Labute approximate surface area is 152 Å². The summed E-state index contributed by atoms with van der Waals surface area (Å²) in [6, 6.07) is 8.12. The van der Waals surface area contributed by atoms with Gasteiger partial charge in [0.1, 0.15) is 0 Å². The zero-order valence-electron chi connectivity index (χ0n) is 14.5. The zero-order valence-corrected chi connectivity index (χ0v) is 15.3. The first-order valence-corrected chi connectivity index (χ1v) is 9.78. The molecule has 1 aliphatic heterocycles. The number of amides is 1. The molecule has 0 aliphatic carbocycles. The van der Waals surface area contributed by atoms with E-state index in [-0.39, 0.29) is 11.7 Å². The molecule has 0 saturated carbocycles. The number of hydrogen-bond donors (Lipinski definition) is 1. The maximum atomic E-state index is 12.1. The second kappa shape index (κ2) is 8.84. The summed E-state index contributed by atoms with van der Waals surface area (Å²) in [5.41, 5.74) is 2.05. The average Bonchev–Trinajstić information content (AvgIpc) is 2.92. The number of thioether (sulfide) groups is 1. The first kappa shape index (κ1) is 17.7. The lowest BCUT2D eigenvalue weighted by Crippen LogP contribution is -2.23. The number of nitrogens with zero attached hydrogens (tertiary/aromatic N) is 5. The second-order valence-corrected chi connectivity index (χ2v) is 7.00. The molecule has 2 heterocycles. The van der Waals surface area contributed by atoms with Crippen LogP contribution in [0, 0.1) is 0 Å². The van der Waals surface area contributed by atoms with Gasteiger partial charge in [0.2, 0.25) is 11.1 Å². The van der Waals surface area contributed by atoms with Gasteiger partial charge >= 0.3 is 0 Å². The summed E-state index contributed by atoms with van der Waals surface area (Å²) in [4.78, 5) is 14.5. The number of nitrogens with one attached hydrogen (secondary N) is 1. The third kappa shape index (κ3) is 4.94. The van der Waals surface area contributed by atoms with Gasteiger partial charge in [0.25, 0.3) is 0 Å². The van der Waals surface area contributed by atoms with Crippen LogP contribution < -0.4 is 10.2 Å². The fourth-order valence-corrected chi connectivity index (χ4v) is 3.65. The highest BCUT2D eigenvalue weighted by Gasteiger charge is 2.11. The predicted molar refractivity (Wildman–Crippen MR) is 100.0 cm³/mol. The highest BCUT2D eigenvalue weighted by atomic mass is 32.2. The Hall–Kier alpha value is -2.09. The van der Waals surface area contributed by atoms with Crippen molar-refractivity contribution in [3.05, 3.63) is 24.3 Å². The van der Waals surface area contributed by atoms with Crippen molar-refractivity contribution in [1.82, 2.24) is 20.2 Å². The van der Waals surface area contributed by atoms with E-state index in [1.54, 1.807) is 4.68 Å². The molecule has 0 bridgehead atoms. The van der Waals surface area contributed by atoms with Gasteiger partial charge in [-0.2, -0.15) is 0 Å². The molecule has 1 fully saturated rings. The van der Waals surface area contributed by atoms with Gasteiger partial charge in [-0.1, -0.05) is 24.6 Å². The number of hydrogen-bond acceptors (Lipinski definition) is 6. The molecule has 2 aromatic rings. The standard InChI is InChI=1S/C17H24N6OS/c1-2-23-17(19-20-21-23)25-13-16(24)18-14-7-9-15(10-8-14)22-11-5-3-4-6-12-22/h7-10H,2-6,11-13H2,1H3,(H,18,24). The highest BCUT2D eigenvalue weighted by Crippen LogP contribution is 2.22. The van der Waals surface area contributed by atoms with Crippen molar-refractivity contribution >= 4 is 29.0 Å². The number of anilines is 2.